The highest BCUT2D eigenvalue weighted by atomic mass is 32.2. The molecule has 1 unspecified atom stereocenters. The van der Waals surface area contributed by atoms with Crippen molar-refractivity contribution in [2.45, 2.75) is 11.8 Å². The second kappa shape index (κ2) is 6.12. The molecule has 6 heteroatoms. The van der Waals surface area contributed by atoms with Crippen LogP contribution in [0.1, 0.15) is 16.6 Å². The van der Waals surface area contributed by atoms with Crippen LogP contribution in [0.2, 0.25) is 0 Å². The van der Waals surface area contributed by atoms with Gasteiger partial charge in [-0.3, -0.25) is 9.78 Å². The van der Waals surface area contributed by atoms with E-state index in [-0.39, 0.29) is 18.1 Å². The summed E-state index contributed by atoms with van der Waals surface area (Å²) in [5.41, 5.74) is 2.08. The maximum absolute atomic E-state index is 12.2. The van der Waals surface area contributed by atoms with Gasteiger partial charge in [-0.1, -0.05) is 12.1 Å². The minimum Gasteiger partial charge on any atom is -0.454 e. The molecule has 0 radical (unpaired) electrons. The Labute approximate surface area is 138 Å². The molecular weight excluding hydrogens is 312 g/mol. The third-order valence-electron chi connectivity index (χ3n) is 3.99. The number of aromatic nitrogens is 1. The maximum atomic E-state index is 12.2. The summed E-state index contributed by atoms with van der Waals surface area (Å²) < 4.78 is 10.7. The van der Waals surface area contributed by atoms with Gasteiger partial charge in [0.05, 0.1) is 11.4 Å². The molecule has 2 aliphatic heterocycles. The number of hydrogen-bond donors (Lipinski definition) is 0. The number of carbonyl (C=O) groups excluding carboxylic acids is 1. The summed E-state index contributed by atoms with van der Waals surface area (Å²) in [4.78, 5) is 18.5. The van der Waals surface area contributed by atoms with Crippen molar-refractivity contribution < 1.29 is 14.3 Å². The lowest BCUT2D eigenvalue weighted by Crippen LogP contribution is -2.30. The molecule has 1 aromatic heterocycles. The molecule has 0 saturated carbocycles. The van der Waals surface area contributed by atoms with Gasteiger partial charge in [0.25, 0.3) is 0 Å². The van der Waals surface area contributed by atoms with E-state index in [4.69, 9.17) is 9.47 Å². The quantitative estimate of drug-likeness (QED) is 0.863. The highest BCUT2D eigenvalue weighted by Crippen LogP contribution is 2.38. The van der Waals surface area contributed by atoms with Crippen LogP contribution in [-0.4, -0.2) is 34.9 Å². The van der Waals surface area contributed by atoms with E-state index in [1.54, 1.807) is 18.0 Å². The Bertz CT molecular complexity index is 723. The largest absolute Gasteiger partial charge is 0.454 e. The van der Waals surface area contributed by atoms with Crippen LogP contribution in [0.25, 0.3) is 0 Å². The summed E-state index contributed by atoms with van der Waals surface area (Å²) in [5.74, 6) is 2.26. The van der Waals surface area contributed by atoms with Crippen LogP contribution >= 0.6 is 11.8 Å². The molecule has 1 fully saturated rings. The highest BCUT2D eigenvalue weighted by molar-refractivity contribution is 8.00. The molecule has 3 heterocycles. The van der Waals surface area contributed by atoms with E-state index in [2.05, 4.69) is 4.98 Å². The monoisotopic (exact) mass is 328 g/mol. The number of carbonyl (C=O) groups is 1. The summed E-state index contributed by atoms with van der Waals surface area (Å²) in [6.07, 6.45) is 2.56. The summed E-state index contributed by atoms with van der Waals surface area (Å²) in [6.45, 7) is 0.953. The lowest BCUT2D eigenvalue weighted by Gasteiger charge is -2.23. The number of ether oxygens (including phenoxy) is 2. The van der Waals surface area contributed by atoms with Crippen molar-refractivity contribution in [1.29, 1.82) is 0 Å². The number of rotatable bonds is 4. The first-order valence-corrected chi connectivity index (χ1v) is 8.57. The summed E-state index contributed by atoms with van der Waals surface area (Å²) >= 11 is 1.64. The van der Waals surface area contributed by atoms with Crippen LogP contribution in [0.5, 0.6) is 11.5 Å². The van der Waals surface area contributed by atoms with E-state index in [9.17, 15) is 4.79 Å². The normalized spacial score (nSPS) is 19.4. The molecule has 0 spiro atoms. The van der Waals surface area contributed by atoms with Crippen molar-refractivity contribution in [2.24, 2.45) is 0 Å². The van der Waals surface area contributed by atoms with Gasteiger partial charge in [0, 0.05) is 12.7 Å². The van der Waals surface area contributed by atoms with Crippen LogP contribution in [0.3, 0.4) is 0 Å². The van der Waals surface area contributed by atoms with E-state index in [0.29, 0.717) is 12.3 Å². The Balaban J connectivity index is 1.47. The topological polar surface area (TPSA) is 51.7 Å². The fourth-order valence-electron chi connectivity index (χ4n) is 2.81. The predicted octanol–water partition coefficient (Wildman–Crippen LogP) is 2.63. The second-order valence-electron chi connectivity index (χ2n) is 5.44. The van der Waals surface area contributed by atoms with E-state index < -0.39 is 0 Å². The molecule has 4 rings (SSSR count). The van der Waals surface area contributed by atoms with Crippen LogP contribution in [-0.2, 0) is 11.2 Å². The smallest absolute Gasteiger partial charge is 0.233 e. The zero-order valence-electron chi connectivity index (χ0n) is 12.5. The van der Waals surface area contributed by atoms with Gasteiger partial charge >= 0.3 is 0 Å². The fourth-order valence-corrected chi connectivity index (χ4v) is 3.99. The first-order valence-electron chi connectivity index (χ1n) is 7.52. The van der Waals surface area contributed by atoms with Crippen molar-refractivity contribution >= 4 is 17.7 Å². The molecule has 1 aromatic carbocycles. The number of fused-ring (bicyclic) bond motifs is 1. The van der Waals surface area contributed by atoms with E-state index in [1.807, 2.05) is 41.3 Å². The number of nitrogens with zero attached hydrogens (tertiary/aromatic N) is 2. The SMILES string of the molecule is O=C1CSC(c2ccccn2)N1CCc1ccc2c(c1)OCO2. The number of benzene rings is 1. The Morgan fingerprint density at radius 3 is 3.00 bits per heavy atom. The summed E-state index contributed by atoms with van der Waals surface area (Å²) in [6, 6.07) is 11.8. The van der Waals surface area contributed by atoms with Gasteiger partial charge < -0.3 is 14.4 Å². The fraction of sp³-hybridized carbons (Fsp3) is 0.294. The lowest BCUT2D eigenvalue weighted by atomic mass is 10.1. The highest BCUT2D eigenvalue weighted by Gasteiger charge is 2.33. The standard InChI is InChI=1S/C17H16N2O3S/c20-16-10-23-17(13-3-1-2-7-18-13)19(16)8-6-12-4-5-14-15(9-12)22-11-21-14/h1-5,7,9,17H,6,8,10-11H2. The molecule has 1 atom stereocenters. The average molecular weight is 328 g/mol. The number of thioether (sulfide) groups is 1. The van der Waals surface area contributed by atoms with Crippen molar-refractivity contribution in [3.8, 4) is 11.5 Å². The van der Waals surface area contributed by atoms with Gasteiger partial charge in [-0.2, -0.15) is 0 Å². The molecule has 1 saturated heterocycles. The second-order valence-corrected chi connectivity index (χ2v) is 6.51. The third-order valence-corrected chi connectivity index (χ3v) is 5.21. The maximum Gasteiger partial charge on any atom is 0.233 e. The van der Waals surface area contributed by atoms with Crippen LogP contribution in [0.4, 0.5) is 0 Å². The number of pyridine rings is 1. The Morgan fingerprint density at radius 2 is 2.13 bits per heavy atom. The number of hydrogen-bond acceptors (Lipinski definition) is 5. The Kier molecular flexibility index (Phi) is 3.83. The van der Waals surface area contributed by atoms with Gasteiger partial charge in [-0.15, -0.1) is 11.8 Å². The van der Waals surface area contributed by atoms with Gasteiger partial charge in [0.15, 0.2) is 11.5 Å². The van der Waals surface area contributed by atoms with Crippen molar-refractivity contribution in [2.75, 3.05) is 19.1 Å². The summed E-state index contributed by atoms with van der Waals surface area (Å²) in [7, 11) is 0. The molecule has 0 N–H and O–H groups in total. The van der Waals surface area contributed by atoms with Crippen LogP contribution in [0.15, 0.2) is 42.6 Å². The first-order chi connectivity index (χ1) is 11.3. The molecule has 118 valence electrons. The zero-order chi connectivity index (χ0) is 15.6. The van der Waals surface area contributed by atoms with E-state index in [1.165, 1.54) is 0 Å². The zero-order valence-corrected chi connectivity index (χ0v) is 13.3. The van der Waals surface area contributed by atoms with Gasteiger partial charge in [0.1, 0.15) is 5.37 Å². The van der Waals surface area contributed by atoms with Gasteiger partial charge in [-0.05, 0) is 36.2 Å². The molecule has 1 amide bonds. The third kappa shape index (κ3) is 2.86. The first kappa shape index (κ1) is 14.4. The van der Waals surface area contributed by atoms with E-state index in [0.717, 1.165) is 29.2 Å². The molecule has 0 aliphatic carbocycles. The van der Waals surface area contributed by atoms with Crippen molar-refractivity contribution in [3.63, 3.8) is 0 Å². The Morgan fingerprint density at radius 1 is 1.22 bits per heavy atom. The molecule has 2 aliphatic rings. The minimum absolute atomic E-state index is 0.0118. The van der Waals surface area contributed by atoms with Gasteiger partial charge in [0.2, 0.25) is 12.7 Å². The Hall–Kier alpha value is -2.21. The lowest BCUT2D eigenvalue weighted by molar-refractivity contribution is -0.128. The molecule has 2 aromatic rings. The average Bonchev–Trinajstić information content (AvgIpc) is 3.19. The van der Waals surface area contributed by atoms with Crippen LogP contribution < -0.4 is 9.47 Å². The van der Waals surface area contributed by atoms with E-state index >= 15 is 0 Å². The molecular formula is C17H16N2O3S. The predicted molar refractivity (Wildman–Crippen MR) is 87.4 cm³/mol. The van der Waals surface area contributed by atoms with Crippen LogP contribution in [0, 0.1) is 0 Å². The van der Waals surface area contributed by atoms with Gasteiger partial charge in [-0.25, -0.2) is 0 Å². The molecule has 0 bridgehead atoms. The number of amides is 1. The van der Waals surface area contributed by atoms with Crippen molar-refractivity contribution in [1.82, 2.24) is 9.88 Å². The minimum atomic E-state index is 0.0118. The molecule has 23 heavy (non-hydrogen) atoms. The molecule has 5 nitrogen and oxygen atoms in total. The summed E-state index contributed by atoms with van der Waals surface area (Å²) in [5, 5.41) is 0.0118. The van der Waals surface area contributed by atoms with Crippen molar-refractivity contribution in [3.05, 3.63) is 53.9 Å².